The molecule has 0 amide bonds. The third kappa shape index (κ3) is 5.37. The lowest BCUT2D eigenvalue weighted by molar-refractivity contribution is -0.141. The van der Waals surface area contributed by atoms with E-state index in [9.17, 15) is 17.6 Å². The second kappa shape index (κ2) is 8.49. The largest absolute Gasteiger partial charge is 0.433 e. The van der Waals surface area contributed by atoms with E-state index in [1.807, 2.05) is 0 Å². The molecule has 0 radical (unpaired) electrons. The van der Waals surface area contributed by atoms with Gasteiger partial charge in [0.2, 0.25) is 11.9 Å². The Labute approximate surface area is 162 Å². The number of benzene rings is 1. The normalized spacial score (nSPS) is 11.5. The highest BCUT2D eigenvalue weighted by Gasteiger charge is 2.36. The third-order valence-corrected chi connectivity index (χ3v) is 3.88. The fourth-order valence-corrected chi connectivity index (χ4v) is 2.62. The molecule has 0 aliphatic carbocycles. The molecule has 2 N–H and O–H groups in total. The predicted octanol–water partition coefficient (Wildman–Crippen LogP) is 4.72. The van der Waals surface area contributed by atoms with Gasteiger partial charge in [-0.3, -0.25) is 0 Å². The molecule has 0 fully saturated rings. The van der Waals surface area contributed by atoms with Crippen LogP contribution in [0.25, 0.3) is 0 Å². The maximum Gasteiger partial charge on any atom is 0.433 e. The van der Waals surface area contributed by atoms with Crippen molar-refractivity contribution in [2.45, 2.75) is 19.3 Å². The molecule has 3 aromatic rings. The third-order valence-electron chi connectivity index (χ3n) is 3.65. The van der Waals surface area contributed by atoms with Gasteiger partial charge in [0, 0.05) is 41.8 Å². The van der Waals surface area contributed by atoms with Gasteiger partial charge >= 0.3 is 6.18 Å². The fourth-order valence-electron chi connectivity index (χ4n) is 2.43. The van der Waals surface area contributed by atoms with E-state index in [-0.39, 0.29) is 24.6 Å². The topological polar surface area (TPSA) is 62.7 Å². The maximum atomic E-state index is 13.4. The minimum Gasteiger partial charge on any atom is -0.324 e. The van der Waals surface area contributed by atoms with Crippen LogP contribution in [0, 0.1) is 5.95 Å². The second-order valence-corrected chi connectivity index (χ2v) is 6.23. The first-order valence-corrected chi connectivity index (χ1v) is 8.46. The zero-order valence-electron chi connectivity index (χ0n) is 14.3. The van der Waals surface area contributed by atoms with Crippen LogP contribution in [-0.4, -0.2) is 15.0 Å². The molecule has 0 aliphatic rings. The van der Waals surface area contributed by atoms with E-state index >= 15 is 0 Å². The lowest BCUT2D eigenvalue weighted by Gasteiger charge is -2.14. The minimum absolute atomic E-state index is 0.126. The van der Waals surface area contributed by atoms with Crippen LogP contribution >= 0.6 is 11.6 Å². The van der Waals surface area contributed by atoms with Crippen LogP contribution in [0.5, 0.6) is 0 Å². The molecule has 2 aromatic heterocycles. The summed E-state index contributed by atoms with van der Waals surface area (Å²) < 4.78 is 53.3. The molecule has 0 atom stereocenters. The summed E-state index contributed by atoms with van der Waals surface area (Å²) in [5, 5.41) is 5.94. The molecule has 10 heteroatoms. The summed E-state index contributed by atoms with van der Waals surface area (Å²) in [4.78, 5) is 11.0. The highest BCUT2D eigenvalue weighted by atomic mass is 35.5. The van der Waals surface area contributed by atoms with Gasteiger partial charge in [-0.1, -0.05) is 17.7 Å². The zero-order valence-corrected chi connectivity index (χ0v) is 15.0. The van der Waals surface area contributed by atoms with Gasteiger partial charge in [0.05, 0.1) is 0 Å². The van der Waals surface area contributed by atoms with Crippen molar-refractivity contribution < 1.29 is 17.6 Å². The quantitative estimate of drug-likeness (QED) is 0.454. The summed E-state index contributed by atoms with van der Waals surface area (Å²) in [6.45, 7) is 0.0233. The molecule has 5 nitrogen and oxygen atoms in total. The monoisotopic (exact) mass is 411 g/mol. The van der Waals surface area contributed by atoms with Crippen molar-refractivity contribution in [3.63, 3.8) is 0 Å². The van der Waals surface area contributed by atoms with E-state index < -0.39 is 17.8 Å². The number of nitrogens with one attached hydrogen (secondary N) is 2. The molecule has 2 heterocycles. The number of halogens is 5. The molecule has 3 rings (SSSR count). The Kier molecular flexibility index (Phi) is 6.05. The zero-order chi connectivity index (χ0) is 20.1. The van der Waals surface area contributed by atoms with Crippen molar-refractivity contribution in [2.75, 3.05) is 5.32 Å². The smallest absolute Gasteiger partial charge is 0.324 e. The summed E-state index contributed by atoms with van der Waals surface area (Å²) in [5.41, 5.74) is -0.161. The Balaban J connectivity index is 1.75. The molecular weight excluding hydrogens is 398 g/mol. The highest BCUT2D eigenvalue weighted by Crippen LogP contribution is 2.31. The highest BCUT2D eigenvalue weighted by molar-refractivity contribution is 6.30. The van der Waals surface area contributed by atoms with Gasteiger partial charge in [0.15, 0.2) is 5.69 Å². The number of hydrogen-bond acceptors (Lipinski definition) is 5. The van der Waals surface area contributed by atoms with Crippen molar-refractivity contribution in [1.29, 1.82) is 0 Å². The van der Waals surface area contributed by atoms with E-state index in [1.165, 1.54) is 12.3 Å². The lowest BCUT2D eigenvalue weighted by atomic mass is 10.2. The lowest BCUT2D eigenvalue weighted by Crippen LogP contribution is -2.20. The SMILES string of the molecule is Fc1cc(CNCc2cnc(Nc3cccc(Cl)c3)nc2C(F)(F)F)ccn1. The molecule has 1 aromatic carbocycles. The standard InChI is InChI=1S/C18H14ClF4N5/c19-13-2-1-3-14(7-13)27-17-26-10-12(16(28-17)18(21,22)23)9-24-8-11-4-5-25-15(20)6-11/h1-7,10,24H,8-9H2,(H,26,27,28). The van der Waals surface area contributed by atoms with Crippen LogP contribution < -0.4 is 10.6 Å². The number of nitrogens with zero attached hydrogens (tertiary/aromatic N) is 3. The molecule has 0 saturated carbocycles. The van der Waals surface area contributed by atoms with E-state index in [4.69, 9.17) is 11.6 Å². The average Bonchev–Trinajstić information content (AvgIpc) is 2.62. The second-order valence-electron chi connectivity index (χ2n) is 5.79. The van der Waals surface area contributed by atoms with Gasteiger partial charge < -0.3 is 10.6 Å². The molecular formula is C18H14ClF4N5. The van der Waals surface area contributed by atoms with Gasteiger partial charge in [0.25, 0.3) is 0 Å². The first kappa shape index (κ1) is 20.0. The molecule has 0 spiro atoms. The molecule has 146 valence electrons. The fraction of sp³-hybridized carbons (Fsp3) is 0.167. The number of pyridine rings is 1. The van der Waals surface area contributed by atoms with Gasteiger partial charge in [-0.25, -0.2) is 15.0 Å². The van der Waals surface area contributed by atoms with E-state index in [2.05, 4.69) is 25.6 Å². The van der Waals surface area contributed by atoms with Crippen molar-refractivity contribution >= 4 is 23.2 Å². The van der Waals surface area contributed by atoms with E-state index in [0.29, 0.717) is 16.3 Å². The van der Waals surface area contributed by atoms with Crippen LogP contribution in [-0.2, 0) is 19.3 Å². The number of hydrogen-bond donors (Lipinski definition) is 2. The van der Waals surface area contributed by atoms with Crippen molar-refractivity contribution in [2.24, 2.45) is 0 Å². The average molecular weight is 412 g/mol. The first-order valence-electron chi connectivity index (χ1n) is 8.08. The van der Waals surface area contributed by atoms with Gasteiger partial charge in [-0.2, -0.15) is 17.6 Å². The van der Waals surface area contributed by atoms with Crippen LogP contribution in [0.1, 0.15) is 16.8 Å². The van der Waals surface area contributed by atoms with Crippen molar-refractivity contribution in [3.05, 3.63) is 76.6 Å². The van der Waals surface area contributed by atoms with Crippen LogP contribution in [0.15, 0.2) is 48.8 Å². The Hall–Kier alpha value is -2.78. The molecule has 0 saturated heterocycles. The summed E-state index contributed by atoms with van der Waals surface area (Å²) in [5.74, 6) is -0.857. The molecule has 0 bridgehead atoms. The van der Waals surface area contributed by atoms with E-state index in [0.717, 1.165) is 6.20 Å². The van der Waals surface area contributed by atoms with Crippen LogP contribution in [0.2, 0.25) is 5.02 Å². The van der Waals surface area contributed by atoms with Crippen molar-refractivity contribution in [3.8, 4) is 0 Å². The van der Waals surface area contributed by atoms with Crippen LogP contribution in [0.3, 0.4) is 0 Å². The minimum atomic E-state index is -4.66. The molecule has 0 aliphatic heterocycles. The van der Waals surface area contributed by atoms with Crippen LogP contribution in [0.4, 0.5) is 29.2 Å². The molecule has 28 heavy (non-hydrogen) atoms. The number of rotatable bonds is 6. The van der Waals surface area contributed by atoms with Gasteiger partial charge in [-0.05, 0) is 35.9 Å². The number of anilines is 2. The Morgan fingerprint density at radius 1 is 1.04 bits per heavy atom. The van der Waals surface area contributed by atoms with Gasteiger partial charge in [-0.15, -0.1) is 0 Å². The maximum absolute atomic E-state index is 13.4. The summed E-state index contributed by atoms with van der Waals surface area (Å²) in [6, 6.07) is 9.22. The number of alkyl halides is 3. The molecule has 0 unspecified atom stereocenters. The number of aromatic nitrogens is 3. The summed E-state index contributed by atoms with van der Waals surface area (Å²) in [7, 11) is 0. The van der Waals surface area contributed by atoms with Crippen molar-refractivity contribution in [1.82, 2.24) is 20.3 Å². The Morgan fingerprint density at radius 2 is 1.86 bits per heavy atom. The van der Waals surface area contributed by atoms with E-state index in [1.54, 1.807) is 30.3 Å². The Bertz CT molecular complexity index is 965. The summed E-state index contributed by atoms with van der Waals surface area (Å²) >= 11 is 5.86. The van der Waals surface area contributed by atoms with Gasteiger partial charge in [0.1, 0.15) is 0 Å². The first-order chi connectivity index (χ1) is 13.3. The Morgan fingerprint density at radius 3 is 2.57 bits per heavy atom. The predicted molar refractivity (Wildman–Crippen MR) is 96.5 cm³/mol. The summed E-state index contributed by atoms with van der Waals surface area (Å²) in [6.07, 6.45) is -2.27.